The number of hydrogen-bond donors (Lipinski definition) is 2. The predicted molar refractivity (Wildman–Crippen MR) is 88.5 cm³/mol. The molecular formula is C17H16N4O2. The van der Waals surface area contributed by atoms with Gasteiger partial charge in [0.05, 0.1) is 6.61 Å². The second kappa shape index (κ2) is 6.85. The summed E-state index contributed by atoms with van der Waals surface area (Å²) in [5.74, 6) is 0.300. The smallest absolute Gasteiger partial charge is 0.279 e. The third-order valence-electron chi connectivity index (χ3n) is 3.27. The van der Waals surface area contributed by atoms with E-state index in [9.17, 15) is 4.79 Å². The standard InChI is InChI=1S/C17H16N4O2/c1-23-11-12-7-9-14(10-8-12)18-17-19-16(22)15(20-21-17)13-5-3-2-4-6-13/h2-10H,11H2,1H3,(H2,18,19,21,22). The zero-order valence-electron chi connectivity index (χ0n) is 12.6. The lowest BCUT2D eigenvalue weighted by Gasteiger charge is -2.06. The molecule has 0 fully saturated rings. The maximum absolute atomic E-state index is 12.2. The minimum Gasteiger partial charge on any atom is -0.380 e. The Kier molecular flexibility index (Phi) is 4.44. The van der Waals surface area contributed by atoms with Crippen LogP contribution in [0.2, 0.25) is 0 Å². The van der Waals surface area contributed by atoms with Gasteiger partial charge < -0.3 is 10.1 Å². The molecule has 2 aromatic carbocycles. The van der Waals surface area contributed by atoms with Crippen LogP contribution in [0.3, 0.4) is 0 Å². The van der Waals surface area contributed by atoms with Crippen molar-refractivity contribution >= 4 is 11.6 Å². The number of rotatable bonds is 5. The third kappa shape index (κ3) is 3.61. The first-order valence-electron chi connectivity index (χ1n) is 7.13. The SMILES string of the molecule is COCc1ccc(Nc2nnc(-c3ccccc3)c(=O)[nH]2)cc1. The molecule has 6 nitrogen and oxygen atoms in total. The summed E-state index contributed by atoms with van der Waals surface area (Å²) in [7, 11) is 1.65. The summed E-state index contributed by atoms with van der Waals surface area (Å²) >= 11 is 0. The zero-order valence-corrected chi connectivity index (χ0v) is 12.6. The van der Waals surface area contributed by atoms with Crippen LogP contribution in [0.5, 0.6) is 0 Å². The van der Waals surface area contributed by atoms with E-state index < -0.39 is 0 Å². The van der Waals surface area contributed by atoms with E-state index in [0.717, 1.165) is 16.8 Å². The fourth-order valence-electron chi connectivity index (χ4n) is 2.17. The Balaban J connectivity index is 1.79. The van der Waals surface area contributed by atoms with Gasteiger partial charge in [0.25, 0.3) is 5.56 Å². The third-order valence-corrected chi connectivity index (χ3v) is 3.27. The lowest BCUT2D eigenvalue weighted by atomic mass is 10.2. The minimum absolute atomic E-state index is 0.287. The van der Waals surface area contributed by atoms with Gasteiger partial charge in [-0.1, -0.05) is 42.5 Å². The van der Waals surface area contributed by atoms with E-state index in [0.29, 0.717) is 18.2 Å². The monoisotopic (exact) mass is 308 g/mol. The van der Waals surface area contributed by atoms with Gasteiger partial charge in [-0.25, -0.2) is 0 Å². The quantitative estimate of drug-likeness (QED) is 0.757. The second-order valence-electron chi connectivity index (χ2n) is 4.97. The Bertz CT molecular complexity index is 829. The fourth-order valence-corrected chi connectivity index (χ4v) is 2.17. The van der Waals surface area contributed by atoms with Crippen molar-refractivity contribution in [2.75, 3.05) is 12.4 Å². The molecule has 6 heteroatoms. The van der Waals surface area contributed by atoms with Crippen molar-refractivity contribution in [3.63, 3.8) is 0 Å². The first-order chi connectivity index (χ1) is 11.3. The molecule has 0 bridgehead atoms. The van der Waals surface area contributed by atoms with Crippen LogP contribution in [-0.2, 0) is 11.3 Å². The van der Waals surface area contributed by atoms with Crippen LogP contribution >= 0.6 is 0 Å². The molecule has 116 valence electrons. The van der Waals surface area contributed by atoms with Crippen LogP contribution < -0.4 is 10.9 Å². The van der Waals surface area contributed by atoms with Gasteiger partial charge in [-0.15, -0.1) is 10.2 Å². The van der Waals surface area contributed by atoms with E-state index in [1.54, 1.807) is 7.11 Å². The average Bonchev–Trinajstić information content (AvgIpc) is 2.58. The van der Waals surface area contributed by atoms with Gasteiger partial charge in [0.1, 0.15) is 0 Å². The Morgan fingerprint density at radius 3 is 2.43 bits per heavy atom. The highest BCUT2D eigenvalue weighted by atomic mass is 16.5. The van der Waals surface area contributed by atoms with Gasteiger partial charge in [-0.05, 0) is 17.7 Å². The first kappa shape index (κ1) is 14.9. The summed E-state index contributed by atoms with van der Waals surface area (Å²) in [4.78, 5) is 14.9. The topological polar surface area (TPSA) is 79.9 Å². The molecule has 3 rings (SSSR count). The summed E-state index contributed by atoms with van der Waals surface area (Å²) in [6, 6.07) is 16.9. The number of ether oxygens (including phenoxy) is 1. The zero-order chi connectivity index (χ0) is 16.1. The van der Waals surface area contributed by atoms with Gasteiger partial charge in [0.15, 0.2) is 5.69 Å². The lowest BCUT2D eigenvalue weighted by molar-refractivity contribution is 0.185. The van der Waals surface area contributed by atoms with Crippen molar-refractivity contribution < 1.29 is 4.74 Å². The number of aromatic amines is 1. The molecule has 0 atom stereocenters. The Hall–Kier alpha value is -2.99. The van der Waals surface area contributed by atoms with Gasteiger partial charge in [0, 0.05) is 18.4 Å². The van der Waals surface area contributed by atoms with Gasteiger partial charge >= 0.3 is 0 Å². The molecule has 0 radical (unpaired) electrons. The fraction of sp³-hybridized carbons (Fsp3) is 0.118. The van der Waals surface area contributed by atoms with Crippen molar-refractivity contribution in [2.24, 2.45) is 0 Å². The van der Waals surface area contributed by atoms with Gasteiger partial charge in [0.2, 0.25) is 5.95 Å². The molecule has 23 heavy (non-hydrogen) atoms. The molecule has 2 N–H and O–H groups in total. The van der Waals surface area contributed by atoms with Gasteiger partial charge in [-0.2, -0.15) is 0 Å². The highest BCUT2D eigenvalue weighted by molar-refractivity contribution is 5.58. The summed E-state index contributed by atoms with van der Waals surface area (Å²) in [5.41, 5.74) is 2.62. The largest absolute Gasteiger partial charge is 0.380 e. The lowest BCUT2D eigenvalue weighted by Crippen LogP contribution is -2.15. The van der Waals surface area contributed by atoms with Crippen LogP contribution in [0.15, 0.2) is 59.4 Å². The van der Waals surface area contributed by atoms with Crippen LogP contribution in [-0.4, -0.2) is 22.3 Å². The minimum atomic E-state index is -0.287. The number of H-pyrrole nitrogens is 1. The van der Waals surface area contributed by atoms with Crippen LogP contribution in [0, 0.1) is 0 Å². The van der Waals surface area contributed by atoms with E-state index >= 15 is 0 Å². The van der Waals surface area contributed by atoms with Crippen LogP contribution in [0.4, 0.5) is 11.6 Å². The normalized spacial score (nSPS) is 10.5. The predicted octanol–water partition coefficient (Wildman–Crippen LogP) is 2.72. The molecule has 0 aliphatic rings. The van der Waals surface area contributed by atoms with E-state index in [-0.39, 0.29) is 5.56 Å². The molecular weight excluding hydrogens is 292 g/mol. The number of benzene rings is 2. The van der Waals surface area contributed by atoms with E-state index in [1.807, 2.05) is 54.6 Å². The van der Waals surface area contributed by atoms with Crippen LogP contribution in [0.25, 0.3) is 11.3 Å². The van der Waals surface area contributed by atoms with Crippen molar-refractivity contribution in [2.45, 2.75) is 6.61 Å². The highest BCUT2D eigenvalue weighted by Crippen LogP contribution is 2.15. The number of methoxy groups -OCH3 is 1. The molecule has 3 aromatic rings. The molecule has 0 aliphatic carbocycles. The average molecular weight is 308 g/mol. The number of nitrogens with zero attached hydrogens (tertiary/aromatic N) is 2. The summed E-state index contributed by atoms with van der Waals surface area (Å²) in [6.45, 7) is 0.558. The number of aromatic nitrogens is 3. The second-order valence-corrected chi connectivity index (χ2v) is 4.97. The maximum Gasteiger partial charge on any atom is 0.279 e. The molecule has 0 unspecified atom stereocenters. The summed E-state index contributed by atoms with van der Waals surface area (Å²) in [6.07, 6.45) is 0. The summed E-state index contributed by atoms with van der Waals surface area (Å²) < 4.78 is 5.07. The maximum atomic E-state index is 12.2. The highest BCUT2D eigenvalue weighted by Gasteiger charge is 2.07. The Labute approximate surface area is 133 Å². The number of hydrogen-bond acceptors (Lipinski definition) is 5. The molecule has 1 aromatic heterocycles. The first-order valence-corrected chi connectivity index (χ1v) is 7.13. The number of nitrogens with one attached hydrogen (secondary N) is 2. The Morgan fingerprint density at radius 2 is 1.78 bits per heavy atom. The van der Waals surface area contributed by atoms with Crippen molar-refractivity contribution in [1.82, 2.24) is 15.2 Å². The van der Waals surface area contributed by atoms with Gasteiger partial charge in [-0.3, -0.25) is 9.78 Å². The molecule has 0 saturated heterocycles. The molecule has 0 aliphatic heterocycles. The molecule has 0 spiro atoms. The van der Waals surface area contributed by atoms with E-state index in [1.165, 1.54) is 0 Å². The molecule has 1 heterocycles. The number of anilines is 2. The molecule has 0 amide bonds. The van der Waals surface area contributed by atoms with E-state index in [4.69, 9.17) is 4.74 Å². The van der Waals surface area contributed by atoms with Crippen LogP contribution in [0.1, 0.15) is 5.56 Å². The van der Waals surface area contributed by atoms with Crippen molar-refractivity contribution in [3.8, 4) is 11.3 Å². The van der Waals surface area contributed by atoms with Crippen molar-refractivity contribution in [1.29, 1.82) is 0 Å². The Morgan fingerprint density at radius 1 is 1.04 bits per heavy atom. The van der Waals surface area contributed by atoms with Crippen molar-refractivity contribution in [3.05, 3.63) is 70.5 Å². The van der Waals surface area contributed by atoms with E-state index in [2.05, 4.69) is 20.5 Å². The molecule has 0 saturated carbocycles. The summed E-state index contributed by atoms with van der Waals surface area (Å²) in [5, 5.41) is 11.1.